The van der Waals surface area contributed by atoms with Crippen LogP contribution >= 0.6 is 0 Å². The van der Waals surface area contributed by atoms with Crippen molar-refractivity contribution in [3.63, 3.8) is 0 Å². The average Bonchev–Trinajstić information content (AvgIpc) is 3.23. The van der Waals surface area contributed by atoms with Crippen molar-refractivity contribution in [3.05, 3.63) is 35.1 Å². The molecule has 4 heterocycles. The molecule has 1 aromatic carbocycles. The summed E-state index contributed by atoms with van der Waals surface area (Å²) in [6.45, 7) is 7.82. The lowest BCUT2D eigenvalue weighted by atomic mass is 9.82. The van der Waals surface area contributed by atoms with Crippen LogP contribution in [0.1, 0.15) is 29.7 Å². The van der Waals surface area contributed by atoms with E-state index >= 15 is 0 Å². The van der Waals surface area contributed by atoms with Crippen LogP contribution in [0.3, 0.4) is 0 Å². The first kappa shape index (κ1) is 13.1. The number of rotatable bonds is 2. The second-order valence-electron chi connectivity index (χ2n) is 7.52. The van der Waals surface area contributed by atoms with Gasteiger partial charge in [0, 0.05) is 17.5 Å². The summed E-state index contributed by atoms with van der Waals surface area (Å²) in [5.41, 5.74) is 3.70. The maximum absolute atomic E-state index is 6.21. The molecular weight excluding hydrogens is 272 g/mol. The lowest BCUT2D eigenvalue weighted by Crippen LogP contribution is -2.33. The van der Waals surface area contributed by atoms with E-state index in [1.165, 1.54) is 48.2 Å². The van der Waals surface area contributed by atoms with Gasteiger partial charge in [-0.3, -0.25) is 4.90 Å². The third-order valence-corrected chi connectivity index (χ3v) is 6.43. The fourth-order valence-corrected chi connectivity index (χ4v) is 5.34. The Kier molecular flexibility index (Phi) is 2.74. The normalized spacial score (nSPS) is 33.9. The molecule has 0 amide bonds. The molecule has 116 valence electrons. The highest BCUT2D eigenvalue weighted by molar-refractivity contribution is 5.82. The minimum absolute atomic E-state index is 0.777. The fraction of sp³-hybridized carbons (Fsp3) is 0.579. The van der Waals surface area contributed by atoms with E-state index in [2.05, 4.69) is 42.3 Å². The van der Waals surface area contributed by atoms with Gasteiger partial charge in [0.25, 0.3) is 0 Å². The molecule has 1 N–H and O–H groups in total. The maximum Gasteiger partial charge on any atom is 0.134 e. The summed E-state index contributed by atoms with van der Waals surface area (Å²) in [5.74, 6) is 2.95. The zero-order valence-corrected chi connectivity index (χ0v) is 13.4. The summed E-state index contributed by atoms with van der Waals surface area (Å²) >= 11 is 0. The van der Waals surface area contributed by atoms with Gasteiger partial charge in [-0.25, -0.2) is 0 Å². The molecule has 2 aromatic rings. The van der Waals surface area contributed by atoms with Gasteiger partial charge in [0.15, 0.2) is 0 Å². The molecule has 3 aliphatic heterocycles. The Morgan fingerprint density at radius 1 is 1.14 bits per heavy atom. The van der Waals surface area contributed by atoms with Gasteiger partial charge in [-0.2, -0.15) is 0 Å². The number of hydrogen-bond donors (Lipinski definition) is 1. The topological polar surface area (TPSA) is 28.4 Å². The summed E-state index contributed by atoms with van der Waals surface area (Å²) in [5, 5.41) is 4.89. The predicted molar refractivity (Wildman–Crippen MR) is 87.9 cm³/mol. The van der Waals surface area contributed by atoms with Crippen LogP contribution in [-0.2, 0) is 6.54 Å². The number of nitrogens with zero attached hydrogens (tertiary/aromatic N) is 1. The van der Waals surface area contributed by atoms with Crippen molar-refractivity contribution >= 4 is 11.0 Å². The number of nitrogens with one attached hydrogen (secondary N) is 1. The van der Waals surface area contributed by atoms with Gasteiger partial charge in [0.2, 0.25) is 0 Å². The Hall–Kier alpha value is -1.32. The summed E-state index contributed by atoms with van der Waals surface area (Å²) in [6.07, 6.45) is 2.76. The van der Waals surface area contributed by atoms with Gasteiger partial charge in [-0.15, -0.1) is 0 Å². The lowest BCUT2D eigenvalue weighted by Gasteiger charge is -2.23. The Morgan fingerprint density at radius 3 is 2.59 bits per heavy atom. The lowest BCUT2D eigenvalue weighted by molar-refractivity contribution is 0.203. The van der Waals surface area contributed by atoms with Crippen LogP contribution in [0, 0.1) is 25.7 Å². The minimum atomic E-state index is 0.777. The van der Waals surface area contributed by atoms with E-state index in [-0.39, 0.29) is 0 Å². The second kappa shape index (κ2) is 4.59. The second-order valence-corrected chi connectivity index (χ2v) is 7.52. The maximum atomic E-state index is 6.21. The molecule has 0 saturated carbocycles. The molecule has 0 aliphatic carbocycles. The van der Waals surface area contributed by atoms with Crippen LogP contribution < -0.4 is 5.32 Å². The molecule has 3 fully saturated rings. The molecule has 5 rings (SSSR count). The molecule has 0 spiro atoms. The van der Waals surface area contributed by atoms with Gasteiger partial charge in [-0.1, -0.05) is 11.6 Å². The summed E-state index contributed by atoms with van der Waals surface area (Å²) in [4.78, 5) is 2.76. The van der Waals surface area contributed by atoms with Crippen molar-refractivity contribution in [3.8, 4) is 0 Å². The number of hydrogen-bond acceptors (Lipinski definition) is 3. The van der Waals surface area contributed by atoms with E-state index < -0.39 is 0 Å². The predicted octanol–water partition coefficient (Wildman–Crippen LogP) is 3.23. The molecule has 3 saturated heterocycles. The number of fused-ring (bicyclic) bond motifs is 6. The minimum Gasteiger partial charge on any atom is -0.459 e. The first-order valence-corrected chi connectivity index (χ1v) is 8.67. The van der Waals surface area contributed by atoms with Crippen molar-refractivity contribution in [1.82, 2.24) is 10.2 Å². The van der Waals surface area contributed by atoms with E-state index in [1.807, 2.05) is 0 Å². The molecule has 3 nitrogen and oxygen atoms in total. The average molecular weight is 296 g/mol. The molecule has 0 unspecified atom stereocenters. The Bertz CT molecular complexity index is 716. The molecule has 3 heteroatoms. The Balaban J connectivity index is 1.48. The zero-order chi connectivity index (χ0) is 14.8. The van der Waals surface area contributed by atoms with E-state index in [1.54, 1.807) is 0 Å². The molecule has 3 aliphatic rings. The van der Waals surface area contributed by atoms with Gasteiger partial charge in [0.05, 0.1) is 6.54 Å². The molecule has 2 bridgehead atoms. The van der Waals surface area contributed by atoms with Crippen LogP contribution in [0.4, 0.5) is 0 Å². The van der Waals surface area contributed by atoms with Gasteiger partial charge < -0.3 is 9.73 Å². The van der Waals surface area contributed by atoms with Crippen LogP contribution in [0.15, 0.2) is 22.6 Å². The van der Waals surface area contributed by atoms with Crippen LogP contribution in [0.5, 0.6) is 0 Å². The number of aryl methyl sites for hydroxylation is 2. The van der Waals surface area contributed by atoms with Crippen molar-refractivity contribution < 1.29 is 4.42 Å². The van der Waals surface area contributed by atoms with Crippen LogP contribution in [0.2, 0.25) is 0 Å². The third kappa shape index (κ3) is 1.70. The van der Waals surface area contributed by atoms with E-state index in [4.69, 9.17) is 4.42 Å². The summed E-state index contributed by atoms with van der Waals surface area (Å²) in [7, 11) is 0. The standard InChI is InChI=1S/C19H24N2O/c1-11-3-6-18-13(7-11)12(2)19(22-18)10-21-16-4-5-17(21)15-9-20-8-14(15)16/h3,6-7,14-17,20H,4-5,8-10H2,1-2H3/t14-,15+,16-,17+. The molecule has 0 radical (unpaired) electrons. The van der Waals surface area contributed by atoms with Crippen molar-refractivity contribution in [2.45, 2.75) is 45.3 Å². The van der Waals surface area contributed by atoms with Gasteiger partial charge in [-0.05, 0) is 69.3 Å². The number of furan rings is 1. The van der Waals surface area contributed by atoms with Crippen molar-refractivity contribution in [1.29, 1.82) is 0 Å². The van der Waals surface area contributed by atoms with Crippen LogP contribution in [0.25, 0.3) is 11.0 Å². The first-order valence-electron chi connectivity index (χ1n) is 8.67. The molecular formula is C19H24N2O. The largest absolute Gasteiger partial charge is 0.459 e. The smallest absolute Gasteiger partial charge is 0.134 e. The highest BCUT2D eigenvalue weighted by atomic mass is 16.3. The SMILES string of the molecule is Cc1ccc2oc(CN3[C@@H]4CC[C@H]3[C@H]3CNC[C@H]34)c(C)c2c1. The Labute approximate surface area is 131 Å². The zero-order valence-electron chi connectivity index (χ0n) is 13.4. The fourth-order valence-electron chi connectivity index (χ4n) is 5.34. The molecule has 1 aromatic heterocycles. The monoisotopic (exact) mass is 296 g/mol. The van der Waals surface area contributed by atoms with E-state index in [9.17, 15) is 0 Å². The van der Waals surface area contributed by atoms with Crippen LogP contribution in [-0.4, -0.2) is 30.1 Å². The highest BCUT2D eigenvalue weighted by Crippen LogP contribution is 2.48. The van der Waals surface area contributed by atoms with E-state index in [0.29, 0.717) is 0 Å². The van der Waals surface area contributed by atoms with Gasteiger partial charge >= 0.3 is 0 Å². The first-order chi connectivity index (χ1) is 10.7. The summed E-state index contributed by atoms with van der Waals surface area (Å²) < 4.78 is 6.21. The van der Waals surface area contributed by atoms with Gasteiger partial charge in [0.1, 0.15) is 11.3 Å². The van der Waals surface area contributed by atoms with Crippen molar-refractivity contribution in [2.24, 2.45) is 11.8 Å². The Morgan fingerprint density at radius 2 is 1.86 bits per heavy atom. The summed E-state index contributed by atoms with van der Waals surface area (Å²) in [6, 6.07) is 8.08. The van der Waals surface area contributed by atoms with Crippen molar-refractivity contribution in [2.75, 3.05) is 13.1 Å². The highest BCUT2D eigenvalue weighted by Gasteiger charge is 2.54. The molecule has 4 atom stereocenters. The number of benzene rings is 1. The third-order valence-electron chi connectivity index (χ3n) is 6.43. The quantitative estimate of drug-likeness (QED) is 0.922. The van der Waals surface area contributed by atoms with E-state index in [0.717, 1.165) is 36.0 Å². The molecule has 22 heavy (non-hydrogen) atoms.